The molecule has 4 rings (SSSR count). The minimum atomic E-state index is -0.597. The molecule has 0 aliphatic carbocycles. The lowest BCUT2D eigenvalue weighted by Gasteiger charge is -2.16. The minimum absolute atomic E-state index is 0.234. The molecule has 55 heavy (non-hydrogen) atoms. The largest absolute Gasteiger partial charge is 0.492 e. The van der Waals surface area contributed by atoms with Gasteiger partial charge in [0.25, 0.3) is 0 Å². The highest BCUT2D eigenvalue weighted by Gasteiger charge is 2.18. The highest BCUT2D eigenvalue weighted by atomic mass is 16.7. The molecule has 0 N–H and O–H groups in total. The van der Waals surface area contributed by atoms with Crippen molar-refractivity contribution >= 4 is 30.1 Å². The van der Waals surface area contributed by atoms with Gasteiger partial charge >= 0.3 is 17.9 Å². The molecule has 0 unspecified atom stereocenters. The summed E-state index contributed by atoms with van der Waals surface area (Å²) in [5.41, 5.74) is 7.94. The third kappa shape index (κ3) is 11.9. The first-order valence-electron chi connectivity index (χ1n) is 16.9. The molecule has 0 heterocycles. The summed E-state index contributed by atoms with van der Waals surface area (Å²) in [7, 11) is 1.51. The van der Waals surface area contributed by atoms with Crippen LogP contribution in [0.3, 0.4) is 0 Å². The Morgan fingerprint density at radius 2 is 1.07 bits per heavy atom. The smallest absolute Gasteiger partial charge is 0.337 e. The summed E-state index contributed by atoms with van der Waals surface area (Å²) in [6.07, 6.45) is 6.02. The zero-order valence-electron chi connectivity index (χ0n) is 31.4. The SMILES string of the molecule is C=C(C)C(=O)OC=Cc1ccc(C#Cc2cc(C)c(C#Cc3ccc(-c4ccc(C=COC(=O)C(=C)C)cc4)cc3)c(OC)c2OCOC(=O)C(=C)C)cc1. The maximum absolute atomic E-state index is 12.1. The van der Waals surface area contributed by atoms with Gasteiger partial charge in [-0.3, -0.25) is 0 Å². The standard InChI is InChI=1S/C47H40O8/c1-31(2)45(48)52-27-25-37-11-9-35(10-12-37)17-23-41-29-34(7)42(44(51-8)43(41)54-30-55-47(50)33(5)6)24-18-36-13-19-39(20-14-36)40-21-15-38(16-22-40)26-28-53-46(49)32(3)4/h9-16,19-22,25-29H,1,3,5,30H2,2,4,6-8H3. The van der Waals surface area contributed by atoms with Crippen molar-refractivity contribution in [1.29, 1.82) is 0 Å². The van der Waals surface area contributed by atoms with E-state index >= 15 is 0 Å². The van der Waals surface area contributed by atoms with Crippen LogP contribution in [0.15, 0.2) is 128 Å². The van der Waals surface area contributed by atoms with Gasteiger partial charge in [0.15, 0.2) is 11.5 Å². The van der Waals surface area contributed by atoms with E-state index in [9.17, 15) is 14.4 Å². The Bertz CT molecular complexity index is 2300. The lowest BCUT2D eigenvalue weighted by atomic mass is 10.0. The number of ether oxygens (including phenoxy) is 5. The first-order chi connectivity index (χ1) is 26.4. The Morgan fingerprint density at radius 3 is 1.56 bits per heavy atom. The van der Waals surface area contributed by atoms with Crippen LogP contribution in [0.25, 0.3) is 23.3 Å². The third-order valence-electron chi connectivity index (χ3n) is 7.66. The van der Waals surface area contributed by atoms with Crippen LogP contribution in [-0.4, -0.2) is 31.8 Å². The number of aryl methyl sites for hydroxylation is 1. The molecule has 0 saturated carbocycles. The summed E-state index contributed by atoms with van der Waals surface area (Å²) in [6.45, 7) is 17.0. The van der Waals surface area contributed by atoms with Crippen molar-refractivity contribution in [3.63, 3.8) is 0 Å². The number of carbonyl (C=O) groups excluding carboxylic acids is 3. The van der Waals surface area contributed by atoms with Crippen LogP contribution in [0.2, 0.25) is 0 Å². The van der Waals surface area contributed by atoms with Crippen molar-refractivity contribution in [1.82, 2.24) is 0 Å². The van der Waals surface area contributed by atoms with E-state index in [4.69, 9.17) is 23.7 Å². The maximum Gasteiger partial charge on any atom is 0.337 e. The molecule has 0 aromatic heterocycles. The normalized spacial score (nSPS) is 10.3. The van der Waals surface area contributed by atoms with Gasteiger partial charge in [-0.25, -0.2) is 14.4 Å². The number of hydrogen-bond donors (Lipinski definition) is 0. The number of rotatable bonds is 12. The second kappa shape index (κ2) is 19.5. The van der Waals surface area contributed by atoms with Crippen LogP contribution < -0.4 is 9.47 Å². The van der Waals surface area contributed by atoms with E-state index in [1.54, 1.807) is 32.9 Å². The van der Waals surface area contributed by atoms with E-state index in [1.807, 2.05) is 85.8 Å². The molecule has 0 amide bonds. The van der Waals surface area contributed by atoms with Crippen LogP contribution in [-0.2, 0) is 28.6 Å². The molecule has 0 saturated heterocycles. The number of hydrogen-bond acceptors (Lipinski definition) is 8. The second-order valence-electron chi connectivity index (χ2n) is 12.3. The number of esters is 3. The van der Waals surface area contributed by atoms with E-state index in [2.05, 4.69) is 43.4 Å². The summed E-state index contributed by atoms with van der Waals surface area (Å²) in [6, 6.07) is 24.8. The minimum Gasteiger partial charge on any atom is -0.492 e. The molecule has 276 valence electrons. The Labute approximate surface area is 322 Å². The molecule has 0 aliphatic rings. The van der Waals surface area contributed by atoms with Gasteiger partial charge in [-0.05, 0) is 98.0 Å². The molecule has 0 fully saturated rings. The fourth-order valence-electron chi connectivity index (χ4n) is 4.65. The molecule has 4 aromatic carbocycles. The predicted molar refractivity (Wildman–Crippen MR) is 214 cm³/mol. The number of benzene rings is 4. The van der Waals surface area contributed by atoms with Gasteiger partial charge in [-0.15, -0.1) is 0 Å². The molecule has 0 atom stereocenters. The van der Waals surface area contributed by atoms with Gasteiger partial charge in [0.05, 0.1) is 30.8 Å². The molecular weight excluding hydrogens is 693 g/mol. The Kier molecular flexibility index (Phi) is 14.4. The van der Waals surface area contributed by atoms with Gasteiger partial charge in [-0.2, -0.15) is 0 Å². The van der Waals surface area contributed by atoms with E-state index in [0.29, 0.717) is 33.6 Å². The van der Waals surface area contributed by atoms with Crippen molar-refractivity contribution in [2.45, 2.75) is 27.7 Å². The monoisotopic (exact) mass is 732 g/mol. The average Bonchev–Trinajstić information content (AvgIpc) is 3.17. The fourth-order valence-corrected chi connectivity index (χ4v) is 4.65. The van der Waals surface area contributed by atoms with Crippen LogP contribution >= 0.6 is 0 Å². The van der Waals surface area contributed by atoms with Crippen LogP contribution in [0.4, 0.5) is 0 Å². The molecule has 0 aliphatic heterocycles. The van der Waals surface area contributed by atoms with Crippen molar-refractivity contribution < 1.29 is 38.1 Å². The molecule has 0 radical (unpaired) electrons. The molecule has 8 nitrogen and oxygen atoms in total. The molecular formula is C47H40O8. The second-order valence-corrected chi connectivity index (χ2v) is 12.3. The first kappa shape index (κ1) is 40.5. The molecule has 4 aromatic rings. The van der Waals surface area contributed by atoms with Crippen molar-refractivity contribution in [3.05, 3.63) is 167 Å². The summed E-state index contributed by atoms with van der Waals surface area (Å²) < 4.78 is 27.0. The summed E-state index contributed by atoms with van der Waals surface area (Å²) in [5.74, 6) is 11.8. The quantitative estimate of drug-likeness (QED) is 0.0356. The maximum atomic E-state index is 12.1. The fraction of sp³-hybridized carbons (Fsp3) is 0.128. The molecule has 0 spiro atoms. The van der Waals surface area contributed by atoms with E-state index in [1.165, 1.54) is 19.6 Å². The molecule has 8 heteroatoms. The van der Waals surface area contributed by atoms with Crippen LogP contribution in [0.5, 0.6) is 11.5 Å². The topological polar surface area (TPSA) is 97.4 Å². The lowest BCUT2D eigenvalue weighted by Crippen LogP contribution is -2.12. The van der Waals surface area contributed by atoms with Crippen molar-refractivity contribution in [2.75, 3.05) is 13.9 Å². The Balaban J connectivity index is 1.58. The average molecular weight is 733 g/mol. The zero-order valence-corrected chi connectivity index (χ0v) is 31.4. The van der Waals surface area contributed by atoms with Crippen LogP contribution in [0.1, 0.15) is 59.7 Å². The number of carbonyl (C=O) groups is 3. The van der Waals surface area contributed by atoms with Gasteiger partial charge in [0, 0.05) is 27.8 Å². The summed E-state index contributed by atoms with van der Waals surface area (Å²) in [4.78, 5) is 35.3. The highest BCUT2D eigenvalue weighted by Crippen LogP contribution is 2.37. The van der Waals surface area contributed by atoms with Crippen molar-refractivity contribution in [3.8, 4) is 46.3 Å². The van der Waals surface area contributed by atoms with Gasteiger partial charge in [0.2, 0.25) is 6.79 Å². The number of methoxy groups -OCH3 is 1. The predicted octanol–water partition coefficient (Wildman–Crippen LogP) is 9.11. The molecule has 0 bridgehead atoms. The van der Waals surface area contributed by atoms with Gasteiger partial charge in [0.1, 0.15) is 0 Å². The van der Waals surface area contributed by atoms with E-state index in [0.717, 1.165) is 33.4 Å². The van der Waals surface area contributed by atoms with Gasteiger partial charge < -0.3 is 23.7 Å². The Hall–Kier alpha value is -7.29. The van der Waals surface area contributed by atoms with E-state index in [-0.39, 0.29) is 11.3 Å². The van der Waals surface area contributed by atoms with Gasteiger partial charge in [-0.1, -0.05) is 91.9 Å². The lowest BCUT2D eigenvalue weighted by molar-refractivity contribution is -0.145. The van der Waals surface area contributed by atoms with Crippen molar-refractivity contribution in [2.24, 2.45) is 0 Å². The van der Waals surface area contributed by atoms with Crippen LogP contribution in [0, 0.1) is 30.6 Å². The summed E-state index contributed by atoms with van der Waals surface area (Å²) >= 11 is 0. The summed E-state index contributed by atoms with van der Waals surface area (Å²) in [5, 5.41) is 0. The highest BCUT2D eigenvalue weighted by molar-refractivity contribution is 5.88. The third-order valence-corrected chi connectivity index (χ3v) is 7.66. The first-order valence-corrected chi connectivity index (χ1v) is 16.9. The zero-order chi connectivity index (χ0) is 39.9. The van der Waals surface area contributed by atoms with E-state index < -0.39 is 24.7 Å². The Morgan fingerprint density at radius 1 is 0.618 bits per heavy atom.